The highest BCUT2D eigenvalue weighted by Gasteiger charge is 2.08. The molecule has 150 valence electrons. The third kappa shape index (κ3) is 4.28. The molecule has 4 aromatic rings. The Bertz CT molecular complexity index is 1180. The molecule has 0 atom stereocenters. The normalized spacial score (nSPS) is 11.2. The summed E-state index contributed by atoms with van der Waals surface area (Å²) in [5.41, 5.74) is 7.36. The fraction of sp³-hybridized carbons (Fsp3) is 0.0833. The van der Waals surface area contributed by atoms with Crippen LogP contribution in [0, 0.1) is 13.8 Å². The maximum Gasteiger partial charge on any atom is 0.271 e. The Kier molecular flexibility index (Phi) is 5.68. The molecule has 0 saturated heterocycles. The van der Waals surface area contributed by atoms with Crippen LogP contribution in [-0.2, 0) is 0 Å². The third-order valence-corrected chi connectivity index (χ3v) is 5.30. The van der Waals surface area contributed by atoms with Crippen molar-refractivity contribution in [1.29, 1.82) is 0 Å². The number of benzene rings is 2. The third-order valence-electron chi connectivity index (χ3n) is 4.77. The number of aromatic nitrogens is 1. The van der Waals surface area contributed by atoms with E-state index in [0.29, 0.717) is 11.3 Å². The van der Waals surface area contributed by atoms with E-state index in [1.54, 1.807) is 12.1 Å². The lowest BCUT2D eigenvalue weighted by Gasteiger charge is -2.09. The van der Waals surface area contributed by atoms with Crippen molar-refractivity contribution in [2.45, 2.75) is 13.8 Å². The molecule has 30 heavy (non-hydrogen) atoms. The Balaban J connectivity index is 1.40. The Morgan fingerprint density at radius 1 is 0.933 bits per heavy atom. The first-order valence-electron chi connectivity index (χ1n) is 9.46. The number of halogens is 1. The van der Waals surface area contributed by atoms with Crippen molar-refractivity contribution in [2.24, 2.45) is 5.10 Å². The first-order chi connectivity index (χ1) is 14.5. The number of furan rings is 1. The van der Waals surface area contributed by atoms with Crippen LogP contribution in [0.1, 0.15) is 27.5 Å². The molecule has 2 aromatic heterocycles. The van der Waals surface area contributed by atoms with E-state index in [4.69, 9.17) is 4.42 Å². The van der Waals surface area contributed by atoms with Gasteiger partial charge in [-0.1, -0.05) is 28.1 Å². The van der Waals surface area contributed by atoms with Crippen LogP contribution < -0.4 is 5.43 Å². The number of hydrazone groups is 1. The summed E-state index contributed by atoms with van der Waals surface area (Å²) in [6, 6.07) is 23.1. The van der Waals surface area contributed by atoms with E-state index in [1.165, 1.54) is 6.21 Å². The Hall–Kier alpha value is -3.38. The molecule has 4 rings (SSSR count). The van der Waals surface area contributed by atoms with E-state index in [-0.39, 0.29) is 5.91 Å². The van der Waals surface area contributed by atoms with Crippen molar-refractivity contribution in [1.82, 2.24) is 9.99 Å². The highest BCUT2D eigenvalue weighted by atomic mass is 79.9. The van der Waals surface area contributed by atoms with Gasteiger partial charge in [-0.25, -0.2) is 5.43 Å². The van der Waals surface area contributed by atoms with E-state index in [2.05, 4.69) is 57.0 Å². The van der Waals surface area contributed by atoms with Crippen LogP contribution in [0.2, 0.25) is 0 Å². The van der Waals surface area contributed by atoms with Crippen molar-refractivity contribution < 1.29 is 9.21 Å². The quantitative estimate of drug-likeness (QED) is 0.298. The second kappa shape index (κ2) is 8.55. The van der Waals surface area contributed by atoms with Gasteiger partial charge in [0, 0.05) is 32.7 Å². The molecule has 0 saturated carbocycles. The molecular formula is C24H20BrN3O2. The predicted octanol–water partition coefficient (Wildman–Crippen LogP) is 5.88. The second-order valence-corrected chi connectivity index (χ2v) is 7.82. The van der Waals surface area contributed by atoms with Crippen LogP contribution in [0.4, 0.5) is 0 Å². The zero-order valence-corrected chi connectivity index (χ0v) is 18.2. The summed E-state index contributed by atoms with van der Waals surface area (Å²) in [6.45, 7) is 4.11. The van der Waals surface area contributed by atoms with Gasteiger partial charge >= 0.3 is 0 Å². The van der Waals surface area contributed by atoms with Crippen molar-refractivity contribution in [3.05, 3.63) is 100.0 Å². The summed E-state index contributed by atoms with van der Waals surface area (Å²) in [7, 11) is 0. The number of hydrogen-bond donors (Lipinski definition) is 1. The minimum atomic E-state index is -0.279. The number of carbonyl (C=O) groups is 1. The minimum absolute atomic E-state index is 0.279. The Morgan fingerprint density at radius 3 is 2.27 bits per heavy atom. The van der Waals surface area contributed by atoms with Gasteiger partial charge in [0.05, 0.1) is 6.21 Å². The van der Waals surface area contributed by atoms with Gasteiger partial charge in [0.2, 0.25) is 0 Å². The zero-order chi connectivity index (χ0) is 21.1. The molecule has 0 aliphatic carbocycles. The molecule has 0 spiro atoms. The first-order valence-corrected chi connectivity index (χ1v) is 10.2. The van der Waals surface area contributed by atoms with Gasteiger partial charge in [-0.3, -0.25) is 4.79 Å². The molecule has 6 heteroatoms. The minimum Gasteiger partial charge on any atom is -0.455 e. The smallest absolute Gasteiger partial charge is 0.271 e. The molecule has 0 aliphatic rings. The molecule has 2 heterocycles. The molecule has 0 fully saturated rings. The molecule has 1 N–H and O–H groups in total. The maximum absolute atomic E-state index is 12.4. The Morgan fingerprint density at radius 2 is 1.60 bits per heavy atom. The lowest BCUT2D eigenvalue weighted by molar-refractivity contribution is 0.0955. The number of amides is 1. The molecule has 5 nitrogen and oxygen atoms in total. The molecule has 0 radical (unpaired) electrons. The molecule has 0 unspecified atom stereocenters. The topological polar surface area (TPSA) is 59.5 Å². The van der Waals surface area contributed by atoms with E-state index < -0.39 is 0 Å². The van der Waals surface area contributed by atoms with Gasteiger partial charge in [-0.2, -0.15) is 5.10 Å². The van der Waals surface area contributed by atoms with Gasteiger partial charge < -0.3 is 8.98 Å². The second-order valence-electron chi connectivity index (χ2n) is 6.91. The number of hydrogen-bond acceptors (Lipinski definition) is 3. The molecule has 0 aliphatic heterocycles. The number of aryl methyl sites for hydroxylation is 2. The van der Waals surface area contributed by atoms with Crippen molar-refractivity contribution in [2.75, 3.05) is 0 Å². The van der Waals surface area contributed by atoms with Crippen LogP contribution in [0.15, 0.2) is 86.8 Å². The van der Waals surface area contributed by atoms with Crippen LogP contribution in [-0.4, -0.2) is 16.7 Å². The number of rotatable bonds is 5. The van der Waals surface area contributed by atoms with Crippen LogP contribution in [0.3, 0.4) is 0 Å². The number of nitrogens with zero attached hydrogens (tertiary/aromatic N) is 2. The largest absolute Gasteiger partial charge is 0.455 e. The standard InChI is InChI=1S/C24H20BrN3O2/c1-16-3-4-17(2)28(16)21-11-7-19(8-12-21)24(29)27-26-15-22-13-14-23(30-22)18-5-9-20(25)10-6-18/h3-15H,1-2H3,(H,27,29). The summed E-state index contributed by atoms with van der Waals surface area (Å²) in [4.78, 5) is 12.4. The fourth-order valence-corrected chi connectivity index (χ4v) is 3.51. The van der Waals surface area contributed by atoms with Crippen LogP contribution >= 0.6 is 15.9 Å². The van der Waals surface area contributed by atoms with Crippen molar-refractivity contribution in [3.8, 4) is 17.0 Å². The Labute approximate surface area is 183 Å². The van der Waals surface area contributed by atoms with Gasteiger partial charge in [0.1, 0.15) is 11.5 Å². The van der Waals surface area contributed by atoms with E-state index in [1.807, 2.05) is 48.5 Å². The van der Waals surface area contributed by atoms with Crippen molar-refractivity contribution >= 4 is 28.1 Å². The van der Waals surface area contributed by atoms with E-state index in [0.717, 1.165) is 32.9 Å². The van der Waals surface area contributed by atoms with E-state index >= 15 is 0 Å². The lowest BCUT2D eigenvalue weighted by Crippen LogP contribution is -2.17. The molecular weight excluding hydrogens is 442 g/mol. The van der Waals surface area contributed by atoms with Crippen LogP contribution in [0.5, 0.6) is 0 Å². The summed E-state index contributed by atoms with van der Waals surface area (Å²) >= 11 is 3.42. The highest BCUT2D eigenvalue weighted by Crippen LogP contribution is 2.23. The summed E-state index contributed by atoms with van der Waals surface area (Å²) in [6.07, 6.45) is 1.49. The summed E-state index contributed by atoms with van der Waals surface area (Å²) in [5.74, 6) is 1.02. The van der Waals surface area contributed by atoms with Gasteiger partial charge in [-0.05, 0) is 74.5 Å². The predicted molar refractivity (Wildman–Crippen MR) is 122 cm³/mol. The number of nitrogens with one attached hydrogen (secondary N) is 1. The van der Waals surface area contributed by atoms with Gasteiger partial charge in [0.15, 0.2) is 0 Å². The molecule has 1 amide bonds. The lowest BCUT2D eigenvalue weighted by atomic mass is 10.2. The first kappa shape index (κ1) is 19.9. The average Bonchev–Trinajstić information content (AvgIpc) is 3.35. The summed E-state index contributed by atoms with van der Waals surface area (Å²) < 4.78 is 8.90. The van der Waals surface area contributed by atoms with E-state index in [9.17, 15) is 4.79 Å². The highest BCUT2D eigenvalue weighted by molar-refractivity contribution is 9.10. The average molecular weight is 462 g/mol. The SMILES string of the molecule is Cc1ccc(C)n1-c1ccc(C(=O)NN=Cc2ccc(-c3ccc(Br)cc3)o2)cc1. The molecule has 2 aromatic carbocycles. The van der Waals surface area contributed by atoms with Crippen molar-refractivity contribution in [3.63, 3.8) is 0 Å². The molecule has 0 bridgehead atoms. The van der Waals surface area contributed by atoms with Gasteiger partial charge in [0.25, 0.3) is 5.91 Å². The summed E-state index contributed by atoms with van der Waals surface area (Å²) in [5, 5.41) is 4.01. The zero-order valence-electron chi connectivity index (χ0n) is 16.6. The van der Waals surface area contributed by atoms with Gasteiger partial charge in [-0.15, -0.1) is 0 Å². The number of carbonyl (C=O) groups excluding carboxylic acids is 1. The fourth-order valence-electron chi connectivity index (χ4n) is 3.25. The monoisotopic (exact) mass is 461 g/mol. The maximum atomic E-state index is 12.4. The van der Waals surface area contributed by atoms with Crippen LogP contribution in [0.25, 0.3) is 17.0 Å².